The number of aryl methyl sites for hydroxylation is 2. The fourth-order valence-corrected chi connectivity index (χ4v) is 2.37. The highest BCUT2D eigenvalue weighted by Gasteiger charge is 2.40. The van der Waals surface area contributed by atoms with Crippen molar-refractivity contribution in [3.8, 4) is 0 Å². The first-order valence-corrected chi connectivity index (χ1v) is 6.51. The molecule has 0 saturated carbocycles. The van der Waals surface area contributed by atoms with Crippen molar-refractivity contribution >= 4 is 17.5 Å². The van der Waals surface area contributed by atoms with E-state index < -0.39 is 28.5 Å². The highest BCUT2D eigenvalue weighted by molar-refractivity contribution is 6.34. The second-order valence-electron chi connectivity index (χ2n) is 4.82. The number of hydrogen-bond donors (Lipinski definition) is 0. The number of aromatic nitrogens is 4. The highest BCUT2D eigenvalue weighted by atomic mass is 35.5. The van der Waals surface area contributed by atoms with Gasteiger partial charge in [-0.05, 0) is 0 Å². The van der Waals surface area contributed by atoms with Gasteiger partial charge in [-0.25, -0.2) is 0 Å². The van der Waals surface area contributed by atoms with E-state index in [1.54, 1.807) is 24.1 Å². The smallest absolute Gasteiger partial charge is 0.336 e. The van der Waals surface area contributed by atoms with Gasteiger partial charge in [-0.15, -0.1) is 0 Å². The van der Waals surface area contributed by atoms with Gasteiger partial charge < -0.3 is 4.90 Å². The van der Waals surface area contributed by atoms with Gasteiger partial charge in [0.1, 0.15) is 5.02 Å². The molecule has 2 heterocycles. The number of alkyl halides is 3. The molecular formula is C12H13ClF3N5O. The lowest BCUT2D eigenvalue weighted by atomic mass is 10.3. The molecule has 0 saturated heterocycles. The van der Waals surface area contributed by atoms with Gasteiger partial charge in [-0.1, -0.05) is 11.6 Å². The number of carbonyl (C=O) groups is 1. The van der Waals surface area contributed by atoms with E-state index in [0.29, 0.717) is 4.68 Å². The van der Waals surface area contributed by atoms with Gasteiger partial charge >= 0.3 is 6.18 Å². The fourth-order valence-electron chi connectivity index (χ4n) is 2.02. The van der Waals surface area contributed by atoms with Crippen LogP contribution in [0.2, 0.25) is 5.02 Å². The Morgan fingerprint density at radius 1 is 1.41 bits per heavy atom. The summed E-state index contributed by atoms with van der Waals surface area (Å²) in [5.74, 6) is -0.694. The molecule has 2 aromatic heterocycles. The summed E-state index contributed by atoms with van der Waals surface area (Å²) in [6.45, 7) is 0.181. The molecule has 0 N–H and O–H groups in total. The van der Waals surface area contributed by atoms with Gasteiger partial charge in [-0.2, -0.15) is 23.4 Å². The van der Waals surface area contributed by atoms with Crippen LogP contribution in [0.15, 0.2) is 12.4 Å². The number of amides is 1. The molecule has 0 radical (unpaired) electrons. The van der Waals surface area contributed by atoms with E-state index in [1.165, 1.54) is 11.9 Å². The standard InChI is InChI=1S/C12H13ClF3N5O/c1-19(5-7-4-17-20(2)6-7)11(22)9-8(13)10(12(14,15)16)21(3)18-9/h4,6H,5H2,1-3H3. The summed E-state index contributed by atoms with van der Waals surface area (Å²) in [5.41, 5.74) is -0.836. The second-order valence-corrected chi connectivity index (χ2v) is 5.19. The Balaban J connectivity index is 2.26. The van der Waals surface area contributed by atoms with Gasteiger partial charge in [-0.3, -0.25) is 14.2 Å². The van der Waals surface area contributed by atoms with Crippen LogP contribution in [0.4, 0.5) is 13.2 Å². The molecule has 2 rings (SSSR count). The lowest BCUT2D eigenvalue weighted by Gasteiger charge is -2.14. The third-order valence-corrected chi connectivity index (χ3v) is 3.34. The third kappa shape index (κ3) is 3.08. The van der Waals surface area contributed by atoms with Crippen molar-refractivity contribution in [3.05, 3.63) is 34.4 Å². The van der Waals surface area contributed by atoms with E-state index in [9.17, 15) is 18.0 Å². The Kier molecular flexibility index (Phi) is 4.19. The first kappa shape index (κ1) is 16.3. The summed E-state index contributed by atoms with van der Waals surface area (Å²) in [6.07, 6.45) is -1.42. The zero-order chi connectivity index (χ0) is 16.7. The average molecular weight is 336 g/mol. The summed E-state index contributed by atoms with van der Waals surface area (Å²) in [5, 5.41) is 6.85. The SMILES string of the molecule is CN(Cc1cnn(C)c1)C(=O)c1nn(C)c(C(F)(F)F)c1Cl. The van der Waals surface area contributed by atoms with Crippen LogP contribution < -0.4 is 0 Å². The average Bonchev–Trinajstić information content (AvgIpc) is 2.91. The van der Waals surface area contributed by atoms with Gasteiger partial charge in [0.15, 0.2) is 11.4 Å². The summed E-state index contributed by atoms with van der Waals surface area (Å²) < 4.78 is 40.7. The Morgan fingerprint density at radius 3 is 2.50 bits per heavy atom. The molecule has 0 bridgehead atoms. The normalized spacial score (nSPS) is 11.8. The van der Waals surface area contributed by atoms with E-state index in [1.807, 2.05) is 0 Å². The highest BCUT2D eigenvalue weighted by Crippen LogP contribution is 2.36. The maximum atomic E-state index is 12.9. The fraction of sp³-hybridized carbons (Fsp3) is 0.417. The zero-order valence-corrected chi connectivity index (χ0v) is 12.8. The van der Waals surface area contributed by atoms with Crippen molar-refractivity contribution in [1.82, 2.24) is 24.5 Å². The Labute approximate surface area is 129 Å². The summed E-state index contributed by atoms with van der Waals surface area (Å²) in [6, 6.07) is 0. The summed E-state index contributed by atoms with van der Waals surface area (Å²) in [7, 11) is 4.26. The monoisotopic (exact) mass is 335 g/mol. The van der Waals surface area contributed by atoms with Crippen LogP contribution in [-0.2, 0) is 26.8 Å². The molecule has 0 unspecified atom stereocenters. The minimum atomic E-state index is -4.68. The number of rotatable bonds is 3. The Hall–Kier alpha value is -2.03. The number of carbonyl (C=O) groups excluding carboxylic acids is 1. The van der Waals surface area contributed by atoms with Crippen molar-refractivity contribution < 1.29 is 18.0 Å². The first-order valence-electron chi connectivity index (χ1n) is 6.14. The van der Waals surface area contributed by atoms with Crippen LogP contribution >= 0.6 is 11.6 Å². The van der Waals surface area contributed by atoms with Crippen LogP contribution in [0, 0.1) is 0 Å². The van der Waals surface area contributed by atoms with Gasteiger partial charge in [0.05, 0.1) is 6.20 Å². The van der Waals surface area contributed by atoms with Crippen LogP contribution in [0.5, 0.6) is 0 Å². The number of halogens is 4. The lowest BCUT2D eigenvalue weighted by Crippen LogP contribution is -2.26. The minimum Gasteiger partial charge on any atom is -0.336 e. The number of nitrogens with zero attached hydrogens (tertiary/aromatic N) is 5. The molecular weight excluding hydrogens is 323 g/mol. The molecule has 120 valence electrons. The molecule has 22 heavy (non-hydrogen) atoms. The minimum absolute atomic E-state index is 0.181. The van der Waals surface area contributed by atoms with Gasteiger partial charge in [0.2, 0.25) is 0 Å². The third-order valence-electron chi connectivity index (χ3n) is 2.99. The molecule has 10 heteroatoms. The maximum Gasteiger partial charge on any atom is 0.434 e. The van der Waals surface area contributed by atoms with Gasteiger partial charge in [0, 0.05) is 39.4 Å². The predicted octanol–water partition coefficient (Wildman–Crippen LogP) is 2.10. The Morgan fingerprint density at radius 2 is 2.05 bits per heavy atom. The summed E-state index contributed by atoms with van der Waals surface area (Å²) >= 11 is 5.69. The molecule has 0 aliphatic rings. The van der Waals surface area contributed by atoms with Crippen LogP contribution in [-0.4, -0.2) is 37.4 Å². The predicted molar refractivity (Wildman–Crippen MR) is 72.2 cm³/mol. The zero-order valence-electron chi connectivity index (χ0n) is 12.0. The molecule has 0 aliphatic carbocycles. The van der Waals surface area contributed by atoms with Crippen molar-refractivity contribution in [3.63, 3.8) is 0 Å². The van der Waals surface area contributed by atoms with E-state index in [2.05, 4.69) is 10.2 Å². The van der Waals surface area contributed by atoms with Crippen LogP contribution in [0.3, 0.4) is 0 Å². The van der Waals surface area contributed by atoms with Crippen LogP contribution in [0.1, 0.15) is 21.7 Å². The molecule has 0 fully saturated rings. The topological polar surface area (TPSA) is 56.0 Å². The van der Waals surface area contributed by atoms with Crippen LogP contribution in [0.25, 0.3) is 0 Å². The van der Waals surface area contributed by atoms with E-state index in [-0.39, 0.29) is 6.54 Å². The number of hydrogen-bond acceptors (Lipinski definition) is 3. The molecule has 6 nitrogen and oxygen atoms in total. The van der Waals surface area contributed by atoms with Crippen molar-refractivity contribution in [2.75, 3.05) is 7.05 Å². The van der Waals surface area contributed by atoms with Crippen molar-refractivity contribution in [2.45, 2.75) is 12.7 Å². The van der Waals surface area contributed by atoms with E-state index >= 15 is 0 Å². The molecule has 1 amide bonds. The quantitative estimate of drug-likeness (QED) is 0.863. The van der Waals surface area contributed by atoms with Crippen molar-refractivity contribution in [2.24, 2.45) is 14.1 Å². The first-order chi connectivity index (χ1) is 10.1. The molecule has 0 spiro atoms. The van der Waals surface area contributed by atoms with Crippen molar-refractivity contribution in [1.29, 1.82) is 0 Å². The van der Waals surface area contributed by atoms with E-state index in [0.717, 1.165) is 12.6 Å². The lowest BCUT2D eigenvalue weighted by molar-refractivity contribution is -0.143. The van der Waals surface area contributed by atoms with Gasteiger partial charge in [0.25, 0.3) is 5.91 Å². The largest absolute Gasteiger partial charge is 0.434 e. The maximum absolute atomic E-state index is 12.9. The molecule has 0 atom stereocenters. The van der Waals surface area contributed by atoms with E-state index in [4.69, 9.17) is 11.6 Å². The molecule has 0 aromatic carbocycles. The molecule has 0 aliphatic heterocycles. The summed E-state index contributed by atoms with van der Waals surface area (Å²) in [4.78, 5) is 13.5. The Bertz CT molecular complexity index is 706. The second kappa shape index (κ2) is 5.64. The molecule has 2 aromatic rings.